The minimum absolute atomic E-state index is 0.0104. The van der Waals surface area contributed by atoms with Crippen molar-refractivity contribution in [2.24, 2.45) is 5.73 Å². The maximum Gasteiger partial charge on any atom is 0.306 e. The molecule has 0 bridgehead atoms. The molecule has 3 aliphatic rings. The fraction of sp³-hybridized carbons (Fsp3) is 0.486. The third-order valence-electron chi connectivity index (χ3n) is 8.67. The number of primary amides is 1. The molecule has 2 N–H and O–H groups in total. The van der Waals surface area contributed by atoms with E-state index in [9.17, 15) is 14.4 Å². The number of amides is 2. The lowest BCUT2D eigenvalue weighted by atomic mass is 10.1. The van der Waals surface area contributed by atoms with Crippen LogP contribution in [0, 0.1) is 0 Å². The van der Waals surface area contributed by atoms with Crippen LogP contribution in [0.5, 0.6) is 5.75 Å². The zero-order chi connectivity index (χ0) is 32.4. The Morgan fingerprint density at radius 2 is 1.87 bits per heavy atom. The highest BCUT2D eigenvalue weighted by Gasteiger charge is 2.36. The summed E-state index contributed by atoms with van der Waals surface area (Å²) in [4.78, 5) is 48.7. The Bertz CT molecular complexity index is 1610. The van der Waals surface area contributed by atoms with E-state index in [0.29, 0.717) is 11.3 Å². The van der Waals surface area contributed by atoms with Gasteiger partial charge < -0.3 is 29.7 Å². The number of benzene rings is 2. The van der Waals surface area contributed by atoms with Gasteiger partial charge in [-0.3, -0.25) is 19.3 Å². The number of carbonyl (C=O) groups excluding carboxylic acids is 3. The second kappa shape index (κ2) is 13.3. The number of aromatic nitrogens is 1. The molecule has 0 radical (unpaired) electrons. The van der Waals surface area contributed by atoms with Crippen molar-refractivity contribution in [2.75, 3.05) is 44.3 Å². The zero-order valence-corrected chi connectivity index (χ0v) is 26.9. The van der Waals surface area contributed by atoms with Crippen molar-refractivity contribution in [3.05, 3.63) is 65.2 Å². The van der Waals surface area contributed by atoms with E-state index < -0.39 is 23.5 Å². The van der Waals surface area contributed by atoms with Gasteiger partial charge in [-0.2, -0.15) is 0 Å². The van der Waals surface area contributed by atoms with Gasteiger partial charge in [-0.1, -0.05) is 6.07 Å². The number of pyridine rings is 1. The number of carbonyl (C=O) groups is 3. The van der Waals surface area contributed by atoms with Gasteiger partial charge >= 0.3 is 5.97 Å². The van der Waals surface area contributed by atoms with Crippen LogP contribution in [0.1, 0.15) is 61.5 Å². The van der Waals surface area contributed by atoms with Crippen LogP contribution in [0.2, 0.25) is 0 Å². The fourth-order valence-corrected chi connectivity index (χ4v) is 6.46. The maximum absolute atomic E-state index is 13.2. The van der Waals surface area contributed by atoms with Gasteiger partial charge in [0.2, 0.25) is 5.91 Å². The highest BCUT2D eigenvalue weighted by molar-refractivity contribution is 6.01. The van der Waals surface area contributed by atoms with E-state index in [4.69, 9.17) is 24.9 Å². The van der Waals surface area contributed by atoms with Crippen LogP contribution in [0.25, 0.3) is 10.9 Å². The molecule has 0 unspecified atom stereocenters. The van der Waals surface area contributed by atoms with E-state index in [-0.39, 0.29) is 31.4 Å². The number of ether oxygens (including phenoxy) is 3. The Morgan fingerprint density at radius 3 is 2.63 bits per heavy atom. The summed E-state index contributed by atoms with van der Waals surface area (Å²) in [6.07, 6.45) is 1.02. The van der Waals surface area contributed by atoms with Gasteiger partial charge in [-0.05, 0) is 87.2 Å². The number of morpholine rings is 1. The highest BCUT2D eigenvalue weighted by atomic mass is 16.6. The largest absolute Gasteiger partial charge is 0.489 e. The molecule has 11 nitrogen and oxygen atoms in total. The molecule has 46 heavy (non-hydrogen) atoms. The molecule has 3 aromatic rings. The number of fused-ring (bicyclic) bond motifs is 2. The minimum Gasteiger partial charge on any atom is -0.489 e. The summed E-state index contributed by atoms with van der Waals surface area (Å²) < 4.78 is 17.2. The van der Waals surface area contributed by atoms with Crippen molar-refractivity contribution in [3.63, 3.8) is 0 Å². The van der Waals surface area contributed by atoms with E-state index >= 15 is 0 Å². The molecule has 3 aliphatic heterocycles. The van der Waals surface area contributed by atoms with E-state index in [1.165, 1.54) is 10.5 Å². The van der Waals surface area contributed by atoms with Crippen molar-refractivity contribution >= 4 is 34.5 Å². The lowest BCUT2D eigenvalue weighted by molar-refractivity contribution is -0.155. The third-order valence-corrected chi connectivity index (χ3v) is 8.67. The Hall–Kier alpha value is -4.22. The second-order valence-corrected chi connectivity index (χ2v) is 13.4. The summed E-state index contributed by atoms with van der Waals surface area (Å²) in [6.45, 7) is 11.3. The summed E-state index contributed by atoms with van der Waals surface area (Å²) in [5, 5.41) is 1.13. The number of hydrogen-bond acceptors (Lipinski definition) is 9. The Morgan fingerprint density at radius 1 is 1.07 bits per heavy atom. The van der Waals surface area contributed by atoms with Crippen LogP contribution < -0.4 is 15.4 Å². The number of nitrogens with zero attached hydrogens (tertiary/aromatic N) is 4. The van der Waals surface area contributed by atoms with Gasteiger partial charge in [0, 0.05) is 56.6 Å². The standard InChI is InChI=1S/C35H43N5O6/c1-35(2,3)46-32(41)11-9-30(33(36)42)40-21-25-19-26(6-7-28(25)34(40)43)45-27-12-13-38(22-27)20-23-4-8-29-24(18-23)5-10-31(37-29)39-14-16-44-17-15-39/h4-8,10,18-19,27,30H,9,11-17,20-22H2,1-3H3,(H2,36,42)/t27-,30-/m0/s1. The van der Waals surface area contributed by atoms with Gasteiger partial charge in [-0.25, -0.2) is 4.98 Å². The summed E-state index contributed by atoms with van der Waals surface area (Å²) in [5.74, 6) is 0.340. The smallest absolute Gasteiger partial charge is 0.306 e. The fourth-order valence-electron chi connectivity index (χ4n) is 6.46. The number of anilines is 1. The molecular weight excluding hydrogens is 586 g/mol. The predicted molar refractivity (Wildman–Crippen MR) is 173 cm³/mol. The Labute approximate surface area is 269 Å². The van der Waals surface area contributed by atoms with E-state index in [2.05, 4.69) is 40.1 Å². The number of nitrogens with two attached hydrogens (primary N) is 1. The summed E-state index contributed by atoms with van der Waals surface area (Å²) in [7, 11) is 0. The zero-order valence-electron chi connectivity index (χ0n) is 26.9. The second-order valence-electron chi connectivity index (χ2n) is 13.4. The van der Waals surface area contributed by atoms with Gasteiger partial charge in [0.25, 0.3) is 5.91 Å². The van der Waals surface area contributed by atoms with Gasteiger partial charge in [-0.15, -0.1) is 0 Å². The minimum atomic E-state index is -0.905. The Kier molecular flexibility index (Phi) is 9.15. The van der Waals surface area contributed by atoms with E-state index in [1.807, 2.05) is 12.1 Å². The van der Waals surface area contributed by atoms with Crippen LogP contribution >= 0.6 is 0 Å². The molecule has 6 rings (SSSR count). The molecule has 0 saturated carbocycles. The van der Waals surface area contributed by atoms with Crippen molar-refractivity contribution in [1.29, 1.82) is 0 Å². The molecule has 2 fully saturated rings. The highest BCUT2D eigenvalue weighted by Crippen LogP contribution is 2.31. The SMILES string of the molecule is CC(C)(C)OC(=O)CC[C@@H](C(N)=O)N1Cc2cc(O[C@H]3CCN(Cc4ccc5nc(N6CCOCC6)ccc5c4)C3)ccc2C1=O. The number of hydrogen-bond donors (Lipinski definition) is 1. The molecule has 11 heteroatoms. The molecule has 2 amide bonds. The summed E-state index contributed by atoms with van der Waals surface area (Å²) >= 11 is 0. The van der Waals surface area contributed by atoms with Gasteiger partial charge in [0.1, 0.15) is 29.3 Å². The van der Waals surface area contributed by atoms with Crippen LogP contribution in [0.15, 0.2) is 48.5 Å². The topological polar surface area (TPSA) is 128 Å². The quantitative estimate of drug-likeness (QED) is 0.334. The first-order valence-corrected chi connectivity index (χ1v) is 16.1. The van der Waals surface area contributed by atoms with Crippen molar-refractivity contribution in [1.82, 2.24) is 14.8 Å². The third kappa shape index (κ3) is 7.42. The monoisotopic (exact) mass is 629 g/mol. The van der Waals surface area contributed by atoms with Crippen molar-refractivity contribution < 1.29 is 28.6 Å². The van der Waals surface area contributed by atoms with Crippen LogP contribution in [-0.2, 0) is 32.2 Å². The summed E-state index contributed by atoms with van der Waals surface area (Å²) in [5.41, 5.74) is 8.57. The first kappa shape index (κ1) is 31.7. The predicted octanol–water partition coefficient (Wildman–Crippen LogP) is 3.66. The molecule has 244 valence electrons. The van der Waals surface area contributed by atoms with Crippen molar-refractivity contribution in [2.45, 2.75) is 70.9 Å². The first-order chi connectivity index (χ1) is 22.0. The molecule has 2 atom stereocenters. The maximum atomic E-state index is 13.2. The van der Waals surface area contributed by atoms with Crippen molar-refractivity contribution in [3.8, 4) is 5.75 Å². The molecule has 1 aromatic heterocycles. The number of esters is 1. The molecule has 0 spiro atoms. The van der Waals surface area contributed by atoms with Crippen LogP contribution in [0.4, 0.5) is 5.82 Å². The lowest BCUT2D eigenvalue weighted by Crippen LogP contribution is -2.45. The normalized spacial score (nSPS) is 19.4. The lowest BCUT2D eigenvalue weighted by Gasteiger charge is -2.28. The number of rotatable bonds is 10. The molecule has 0 aliphatic carbocycles. The van der Waals surface area contributed by atoms with Gasteiger partial charge in [0.15, 0.2) is 0 Å². The van der Waals surface area contributed by atoms with Crippen LogP contribution in [-0.4, -0.2) is 89.7 Å². The molecule has 4 heterocycles. The molecular formula is C35H43N5O6. The molecule has 2 saturated heterocycles. The van der Waals surface area contributed by atoms with Gasteiger partial charge in [0.05, 0.1) is 18.7 Å². The average molecular weight is 630 g/mol. The first-order valence-electron chi connectivity index (χ1n) is 16.1. The van der Waals surface area contributed by atoms with E-state index in [0.717, 1.165) is 74.6 Å². The number of likely N-dealkylation sites (tertiary alicyclic amines) is 1. The average Bonchev–Trinajstić information content (AvgIpc) is 3.59. The summed E-state index contributed by atoms with van der Waals surface area (Å²) in [6, 6.07) is 15.3. The Balaban J connectivity index is 1.03. The van der Waals surface area contributed by atoms with Crippen LogP contribution in [0.3, 0.4) is 0 Å². The van der Waals surface area contributed by atoms with E-state index in [1.54, 1.807) is 26.8 Å². The molecule has 2 aromatic carbocycles.